The van der Waals surface area contributed by atoms with Gasteiger partial charge in [0.05, 0.1) is 6.61 Å². The molecule has 0 aliphatic rings. The van der Waals surface area contributed by atoms with Gasteiger partial charge in [-0.15, -0.1) is 0 Å². The van der Waals surface area contributed by atoms with Crippen LogP contribution >= 0.6 is 7.82 Å². The topological polar surface area (TPSA) is 180 Å². The predicted octanol–water partition coefficient (Wildman–Crippen LogP) is 3.80. The Morgan fingerprint density at radius 3 is 1.75 bits per heavy atom. The lowest BCUT2D eigenvalue weighted by Crippen LogP contribution is -2.56. The maximum Gasteiger partial charge on any atom is 0.470 e. The fourth-order valence-corrected chi connectivity index (χ4v) is 5.41. The second-order valence-corrected chi connectivity index (χ2v) is 12.0. The molecular formula is C32H46NO10P. The zero-order valence-corrected chi connectivity index (χ0v) is 25.9. The summed E-state index contributed by atoms with van der Waals surface area (Å²) in [5.41, 5.74) is 2.46. The molecule has 2 aromatic carbocycles. The molecule has 2 rings (SSSR count). The van der Waals surface area contributed by atoms with E-state index in [1.807, 2.05) is 48.5 Å². The number of phosphoric acid groups is 1. The Morgan fingerprint density at radius 2 is 1.27 bits per heavy atom. The number of unbranched alkanes of at least 4 members (excludes halogenated alkanes) is 6. The molecule has 0 fully saturated rings. The number of hydrogen-bond acceptors (Lipinski definition) is 8. The Morgan fingerprint density at radius 1 is 0.773 bits per heavy atom. The fraction of sp³-hybridized carbons (Fsp3) is 0.531. The van der Waals surface area contributed by atoms with Gasteiger partial charge in [0.25, 0.3) is 0 Å². The summed E-state index contributed by atoms with van der Waals surface area (Å²) < 4.78 is 21.7. The minimum atomic E-state index is -5.27. The number of aliphatic hydroxyl groups excluding tert-OH is 2. The molecule has 2 aromatic rings. The van der Waals surface area contributed by atoms with Crippen LogP contribution in [0.4, 0.5) is 0 Å². The third-order valence-electron chi connectivity index (χ3n) is 7.15. The molecule has 11 nitrogen and oxygen atoms in total. The number of hydrogen-bond donors (Lipinski definition) is 5. The highest BCUT2D eigenvalue weighted by Gasteiger charge is 2.42. The van der Waals surface area contributed by atoms with Crippen LogP contribution in [0.2, 0.25) is 0 Å². The molecule has 5 N–H and O–H groups in total. The highest BCUT2D eigenvalue weighted by molar-refractivity contribution is 7.46. The smallest absolute Gasteiger partial charge is 0.457 e. The monoisotopic (exact) mass is 635 g/mol. The van der Waals surface area contributed by atoms with Crippen molar-refractivity contribution in [2.75, 3.05) is 6.61 Å². The Bertz CT molecular complexity index is 1140. The molecule has 12 heteroatoms. The van der Waals surface area contributed by atoms with Crippen LogP contribution in [-0.4, -0.2) is 69.1 Å². The van der Waals surface area contributed by atoms with Crippen molar-refractivity contribution in [3.63, 3.8) is 0 Å². The number of rotatable bonds is 23. The molecule has 0 unspecified atom stereocenters. The van der Waals surface area contributed by atoms with Gasteiger partial charge in [-0.1, -0.05) is 86.3 Å². The quantitative estimate of drug-likeness (QED) is 0.0522. The second kappa shape index (κ2) is 20.9. The first-order valence-corrected chi connectivity index (χ1v) is 16.7. The molecule has 0 saturated heterocycles. The minimum absolute atomic E-state index is 0.0614. The third kappa shape index (κ3) is 15.7. The van der Waals surface area contributed by atoms with Crippen LogP contribution in [0, 0.1) is 0 Å². The van der Waals surface area contributed by atoms with Crippen LogP contribution in [0.1, 0.15) is 75.3 Å². The second-order valence-electron chi connectivity index (χ2n) is 10.8. The fourth-order valence-electron chi connectivity index (χ4n) is 4.83. The minimum Gasteiger partial charge on any atom is -0.457 e. The maximum atomic E-state index is 12.7. The van der Waals surface area contributed by atoms with E-state index in [1.165, 1.54) is 11.1 Å². The molecule has 0 aliphatic heterocycles. The number of benzene rings is 2. The number of carbonyl (C=O) groups is 3. The van der Waals surface area contributed by atoms with Crippen LogP contribution in [0.15, 0.2) is 60.7 Å². The van der Waals surface area contributed by atoms with Gasteiger partial charge < -0.3 is 34.8 Å². The molecule has 44 heavy (non-hydrogen) atoms. The van der Waals surface area contributed by atoms with E-state index >= 15 is 0 Å². The van der Waals surface area contributed by atoms with Gasteiger partial charge >= 0.3 is 13.8 Å². The lowest BCUT2D eigenvalue weighted by Gasteiger charge is -2.33. The Kier molecular flexibility index (Phi) is 17.7. The molecule has 0 aliphatic carbocycles. The first-order chi connectivity index (χ1) is 21.1. The van der Waals surface area contributed by atoms with Crippen molar-refractivity contribution < 1.29 is 48.2 Å². The number of phosphoric ester groups is 1. The number of ether oxygens (including phenoxy) is 1. The van der Waals surface area contributed by atoms with Gasteiger partial charge in [0.1, 0.15) is 24.5 Å². The molecule has 0 saturated carbocycles. The van der Waals surface area contributed by atoms with E-state index < -0.39 is 50.7 Å². The number of esters is 1. The summed E-state index contributed by atoms with van der Waals surface area (Å²) in [6, 6.07) is 18.4. The number of nitrogens with one attached hydrogen (secondary N) is 1. The van der Waals surface area contributed by atoms with Gasteiger partial charge in [-0.05, 0) is 49.7 Å². The predicted molar refractivity (Wildman–Crippen MR) is 164 cm³/mol. The molecule has 0 spiro atoms. The van der Waals surface area contributed by atoms with Crippen molar-refractivity contribution in [1.82, 2.24) is 5.32 Å². The van der Waals surface area contributed by atoms with E-state index in [9.17, 15) is 38.9 Å². The first kappa shape index (κ1) is 37.3. The van der Waals surface area contributed by atoms with Crippen molar-refractivity contribution in [2.45, 2.75) is 101 Å². The summed E-state index contributed by atoms with van der Waals surface area (Å²) in [5.74, 6) is -1.35. The van der Waals surface area contributed by atoms with E-state index in [2.05, 4.69) is 22.0 Å². The highest BCUT2D eigenvalue weighted by atomic mass is 31.2. The molecule has 0 aromatic heterocycles. The number of carbonyl (C=O) groups excluding carboxylic acids is 3. The number of aliphatic hydroxyl groups is 2. The molecule has 0 radical (unpaired) electrons. The third-order valence-corrected chi connectivity index (χ3v) is 7.66. The summed E-state index contributed by atoms with van der Waals surface area (Å²) in [6.45, 7) is -1.01. The van der Waals surface area contributed by atoms with Gasteiger partial charge in [0.15, 0.2) is 6.10 Å². The average molecular weight is 636 g/mol. The van der Waals surface area contributed by atoms with E-state index in [0.717, 1.165) is 44.9 Å². The maximum absolute atomic E-state index is 12.7. The summed E-state index contributed by atoms with van der Waals surface area (Å²) in [5, 5.41) is 22.2. The van der Waals surface area contributed by atoms with Crippen LogP contribution in [0.3, 0.4) is 0 Å². The standard InChI is InChI=1S/C32H46NO10P/c34-23-27(33-29(37)21-13-3-1-7-15-25-17-9-5-10-18-25)31(32(28(36)24-35)43-44(39,40)41)42-30(38)22-14-4-2-8-16-26-19-11-6-12-20-26/h5-6,9-12,17-20,23,27-28,31-32,35-36H,1-4,7-8,13-16,21-22,24H2,(H,33,37)(H2,39,40,41)/t27-,28+,31+,32+/m0/s1. The van der Waals surface area contributed by atoms with E-state index in [0.29, 0.717) is 19.3 Å². The summed E-state index contributed by atoms with van der Waals surface area (Å²) >= 11 is 0. The largest absolute Gasteiger partial charge is 0.470 e. The molecule has 0 bridgehead atoms. The average Bonchev–Trinajstić information content (AvgIpc) is 3.01. The Hall–Kier alpha value is -2.92. The van der Waals surface area contributed by atoms with Crippen LogP contribution in [-0.2, 0) is 41.1 Å². The summed E-state index contributed by atoms with van der Waals surface area (Å²) in [7, 11) is -5.27. The molecule has 1 amide bonds. The van der Waals surface area contributed by atoms with E-state index in [1.54, 1.807) is 0 Å². The van der Waals surface area contributed by atoms with Crippen molar-refractivity contribution in [3.05, 3.63) is 71.8 Å². The number of aryl methyl sites for hydroxylation is 2. The highest BCUT2D eigenvalue weighted by Crippen LogP contribution is 2.40. The number of amides is 1. The van der Waals surface area contributed by atoms with Gasteiger partial charge in [-0.3, -0.25) is 14.1 Å². The zero-order chi connectivity index (χ0) is 32.2. The first-order valence-electron chi connectivity index (χ1n) is 15.2. The van der Waals surface area contributed by atoms with Crippen molar-refractivity contribution >= 4 is 26.0 Å². The van der Waals surface area contributed by atoms with Gasteiger partial charge in [-0.25, -0.2) is 4.57 Å². The van der Waals surface area contributed by atoms with Crippen LogP contribution in [0.5, 0.6) is 0 Å². The summed E-state index contributed by atoms with van der Waals surface area (Å²) in [6.07, 6.45) is 2.45. The molecular weight excluding hydrogens is 589 g/mol. The van der Waals surface area contributed by atoms with Crippen molar-refractivity contribution in [1.29, 1.82) is 0 Å². The van der Waals surface area contributed by atoms with Crippen molar-refractivity contribution in [3.8, 4) is 0 Å². The van der Waals surface area contributed by atoms with E-state index in [-0.39, 0.29) is 19.1 Å². The van der Waals surface area contributed by atoms with Gasteiger partial charge in [-0.2, -0.15) is 0 Å². The lowest BCUT2D eigenvalue weighted by atomic mass is 10.0. The SMILES string of the molecule is O=C[C@H](NC(=O)CCCCCCc1ccccc1)[C@@H](OC(=O)CCCCCCc1ccccc1)[C@H](OP(=O)(O)O)[C@H](O)CO. The normalized spacial score (nSPS) is 14.3. The van der Waals surface area contributed by atoms with Crippen LogP contribution < -0.4 is 5.32 Å². The molecule has 0 heterocycles. The van der Waals surface area contributed by atoms with Gasteiger partial charge in [0.2, 0.25) is 5.91 Å². The molecule has 244 valence electrons. The van der Waals surface area contributed by atoms with E-state index in [4.69, 9.17) is 4.74 Å². The number of aldehydes is 1. The lowest BCUT2D eigenvalue weighted by molar-refractivity contribution is -0.165. The summed E-state index contributed by atoms with van der Waals surface area (Å²) in [4.78, 5) is 56.2. The Labute approximate surface area is 259 Å². The molecule has 4 atom stereocenters. The van der Waals surface area contributed by atoms with Crippen molar-refractivity contribution in [2.24, 2.45) is 0 Å². The van der Waals surface area contributed by atoms with Crippen LogP contribution in [0.25, 0.3) is 0 Å². The zero-order valence-electron chi connectivity index (χ0n) is 25.0. The van der Waals surface area contributed by atoms with Gasteiger partial charge in [0, 0.05) is 12.8 Å². The Balaban J connectivity index is 1.91.